The number of pyridine rings is 1. The molecule has 0 aliphatic carbocycles. The molecule has 2 aliphatic rings. The van der Waals surface area contributed by atoms with E-state index in [1.165, 1.54) is 11.1 Å². The number of nitrogens with zero attached hydrogens (tertiary/aromatic N) is 3. The molecule has 1 fully saturated rings. The van der Waals surface area contributed by atoms with Crippen molar-refractivity contribution in [1.29, 1.82) is 0 Å². The number of hydrogen-bond acceptors (Lipinski definition) is 4. The molecule has 4 rings (SSSR count). The lowest BCUT2D eigenvalue weighted by atomic mass is 10.1. The first-order chi connectivity index (χ1) is 12.2. The summed E-state index contributed by atoms with van der Waals surface area (Å²) >= 11 is 0. The number of rotatable bonds is 3. The summed E-state index contributed by atoms with van der Waals surface area (Å²) in [5.41, 5.74) is 4.25. The summed E-state index contributed by atoms with van der Waals surface area (Å²) in [6.45, 7) is 6.99. The number of hydrogen-bond donors (Lipinski definition) is 0. The zero-order valence-electron chi connectivity index (χ0n) is 14.6. The van der Waals surface area contributed by atoms with Crippen LogP contribution in [-0.4, -0.2) is 53.5 Å². The van der Waals surface area contributed by atoms with Crippen molar-refractivity contribution < 1.29 is 9.53 Å². The fourth-order valence-corrected chi connectivity index (χ4v) is 3.48. The summed E-state index contributed by atoms with van der Waals surface area (Å²) in [6, 6.07) is 10.3. The molecule has 1 saturated heterocycles. The average molecular weight is 337 g/mol. The van der Waals surface area contributed by atoms with Gasteiger partial charge in [0.15, 0.2) is 0 Å². The molecular weight excluding hydrogens is 314 g/mol. The van der Waals surface area contributed by atoms with Crippen LogP contribution in [0.25, 0.3) is 0 Å². The zero-order chi connectivity index (χ0) is 17.2. The zero-order valence-corrected chi connectivity index (χ0v) is 14.6. The summed E-state index contributed by atoms with van der Waals surface area (Å²) in [5, 5.41) is 0. The Hall–Kier alpha value is -2.40. The maximum atomic E-state index is 12.6. The molecule has 25 heavy (non-hydrogen) atoms. The van der Waals surface area contributed by atoms with Crippen LogP contribution in [0.1, 0.15) is 27.2 Å². The molecular formula is C20H23N3O2. The number of fused-ring (bicyclic) bond motifs is 1. The van der Waals surface area contributed by atoms with E-state index >= 15 is 0 Å². The number of carbonyl (C=O) groups is 1. The molecule has 3 heterocycles. The fraction of sp³-hybridized carbons (Fsp3) is 0.400. The molecule has 0 bridgehead atoms. The van der Waals surface area contributed by atoms with Crippen molar-refractivity contribution in [2.45, 2.75) is 19.9 Å². The van der Waals surface area contributed by atoms with Crippen LogP contribution in [0.2, 0.25) is 0 Å². The van der Waals surface area contributed by atoms with E-state index in [4.69, 9.17) is 4.74 Å². The lowest BCUT2D eigenvalue weighted by Crippen LogP contribution is -2.48. The topological polar surface area (TPSA) is 45.7 Å². The highest BCUT2D eigenvalue weighted by molar-refractivity contribution is 5.94. The van der Waals surface area contributed by atoms with Crippen LogP contribution in [-0.2, 0) is 13.0 Å². The number of carbonyl (C=O) groups excluding carboxylic acids is 1. The minimum absolute atomic E-state index is 0.0850. The third-order valence-electron chi connectivity index (χ3n) is 4.98. The third kappa shape index (κ3) is 3.51. The molecule has 0 atom stereocenters. The first-order valence-electron chi connectivity index (χ1n) is 8.88. The maximum Gasteiger partial charge on any atom is 0.255 e. The highest BCUT2D eigenvalue weighted by Gasteiger charge is 2.22. The Bertz CT molecular complexity index is 765. The summed E-state index contributed by atoms with van der Waals surface area (Å²) < 4.78 is 5.57. The van der Waals surface area contributed by atoms with E-state index in [0.717, 1.165) is 57.2 Å². The van der Waals surface area contributed by atoms with E-state index in [9.17, 15) is 4.79 Å². The third-order valence-corrected chi connectivity index (χ3v) is 4.98. The molecule has 5 nitrogen and oxygen atoms in total. The Morgan fingerprint density at radius 1 is 1.16 bits per heavy atom. The van der Waals surface area contributed by atoms with Gasteiger partial charge in [-0.25, -0.2) is 0 Å². The van der Waals surface area contributed by atoms with Gasteiger partial charge in [0.1, 0.15) is 5.75 Å². The Kier molecular flexibility index (Phi) is 4.40. The predicted molar refractivity (Wildman–Crippen MR) is 95.8 cm³/mol. The van der Waals surface area contributed by atoms with Crippen LogP contribution >= 0.6 is 0 Å². The quantitative estimate of drug-likeness (QED) is 0.862. The van der Waals surface area contributed by atoms with E-state index in [0.29, 0.717) is 5.56 Å². The van der Waals surface area contributed by atoms with E-state index in [1.54, 1.807) is 6.20 Å². The predicted octanol–water partition coefficient (Wildman–Crippen LogP) is 2.28. The van der Waals surface area contributed by atoms with Gasteiger partial charge in [-0.3, -0.25) is 14.7 Å². The number of amides is 1. The van der Waals surface area contributed by atoms with E-state index in [-0.39, 0.29) is 5.91 Å². The maximum absolute atomic E-state index is 12.6. The standard InChI is InChI=1S/C20H23N3O2/c1-15-2-4-18(13-21-15)20(24)23-9-7-22(8-10-23)14-16-3-5-19-17(12-16)6-11-25-19/h2-5,12-13H,6-11,14H2,1H3. The lowest BCUT2D eigenvalue weighted by Gasteiger charge is -2.34. The van der Waals surface area contributed by atoms with Gasteiger partial charge in [0.2, 0.25) is 0 Å². The number of aryl methyl sites for hydroxylation is 1. The molecule has 130 valence electrons. The van der Waals surface area contributed by atoms with Crippen LogP contribution in [0.15, 0.2) is 36.5 Å². The second kappa shape index (κ2) is 6.84. The molecule has 0 spiro atoms. The summed E-state index contributed by atoms with van der Waals surface area (Å²) in [6.07, 6.45) is 2.69. The van der Waals surface area contributed by atoms with Crippen LogP contribution in [0, 0.1) is 6.92 Å². The Balaban J connectivity index is 1.33. The van der Waals surface area contributed by atoms with Crippen LogP contribution in [0.4, 0.5) is 0 Å². The second-order valence-corrected chi connectivity index (χ2v) is 6.80. The molecule has 0 saturated carbocycles. The van der Waals surface area contributed by atoms with Crippen molar-refractivity contribution in [3.8, 4) is 5.75 Å². The molecule has 0 radical (unpaired) electrons. The highest BCUT2D eigenvalue weighted by Crippen LogP contribution is 2.26. The highest BCUT2D eigenvalue weighted by atomic mass is 16.5. The van der Waals surface area contributed by atoms with Crippen LogP contribution in [0.3, 0.4) is 0 Å². The molecule has 0 unspecified atom stereocenters. The summed E-state index contributed by atoms with van der Waals surface area (Å²) in [4.78, 5) is 21.1. The van der Waals surface area contributed by atoms with Crippen molar-refractivity contribution in [2.24, 2.45) is 0 Å². The van der Waals surface area contributed by atoms with E-state index < -0.39 is 0 Å². The SMILES string of the molecule is Cc1ccc(C(=O)N2CCN(Cc3ccc4c(c3)CCO4)CC2)cn1. The van der Waals surface area contributed by atoms with Crippen molar-refractivity contribution in [2.75, 3.05) is 32.8 Å². The first kappa shape index (κ1) is 16.1. The molecule has 5 heteroatoms. The van der Waals surface area contributed by atoms with Crippen LogP contribution in [0.5, 0.6) is 5.75 Å². The molecule has 2 aromatic rings. The van der Waals surface area contributed by atoms with Crippen molar-refractivity contribution >= 4 is 5.91 Å². The van der Waals surface area contributed by atoms with E-state index in [2.05, 4.69) is 28.1 Å². The second-order valence-electron chi connectivity index (χ2n) is 6.80. The molecule has 1 amide bonds. The molecule has 1 aromatic carbocycles. The number of ether oxygens (including phenoxy) is 1. The normalized spacial score (nSPS) is 17.2. The molecule has 2 aliphatic heterocycles. The van der Waals surface area contributed by atoms with Gasteiger partial charge < -0.3 is 9.64 Å². The summed E-state index contributed by atoms with van der Waals surface area (Å²) in [5.74, 6) is 1.12. The van der Waals surface area contributed by atoms with Gasteiger partial charge in [-0.1, -0.05) is 12.1 Å². The van der Waals surface area contributed by atoms with Gasteiger partial charge in [0.25, 0.3) is 5.91 Å². The number of piperazine rings is 1. The van der Waals surface area contributed by atoms with Crippen molar-refractivity contribution in [3.05, 3.63) is 58.9 Å². The average Bonchev–Trinajstić information content (AvgIpc) is 3.10. The minimum atomic E-state index is 0.0850. The van der Waals surface area contributed by atoms with Crippen LogP contribution < -0.4 is 4.74 Å². The minimum Gasteiger partial charge on any atom is -0.493 e. The Labute approximate surface area is 148 Å². The fourth-order valence-electron chi connectivity index (χ4n) is 3.48. The number of aromatic nitrogens is 1. The van der Waals surface area contributed by atoms with Crippen molar-refractivity contribution in [1.82, 2.24) is 14.8 Å². The van der Waals surface area contributed by atoms with Gasteiger partial charge in [0.05, 0.1) is 12.2 Å². The van der Waals surface area contributed by atoms with Gasteiger partial charge in [-0.2, -0.15) is 0 Å². The van der Waals surface area contributed by atoms with Gasteiger partial charge in [-0.05, 0) is 36.2 Å². The largest absolute Gasteiger partial charge is 0.493 e. The van der Waals surface area contributed by atoms with Crippen molar-refractivity contribution in [3.63, 3.8) is 0 Å². The first-order valence-corrected chi connectivity index (χ1v) is 8.88. The van der Waals surface area contributed by atoms with E-state index in [1.807, 2.05) is 24.0 Å². The van der Waals surface area contributed by atoms with Gasteiger partial charge >= 0.3 is 0 Å². The van der Waals surface area contributed by atoms with Gasteiger partial charge in [-0.15, -0.1) is 0 Å². The molecule has 1 aromatic heterocycles. The lowest BCUT2D eigenvalue weighted by molar-refractivity contribution is 0.0628. The molecule has 0 N–H and O–H groups in total. The Morgan fingerprint density at radius 3 is 2.76 bits per heavy atom. The summed E-state index contributed by atoms with van der Waals surface area (Å²) in [7, 11) is 0. The Morgan fingerprint density at radius 2 is 2.00 bits per heavy atom. The van der Waals surface area contributed by atoms with Gasteiger partial charge in [0, 0.05) is 51.0 Å². The smallest absolute Gasteiger partial charge is 0.255 e. The monoisotopic (exact) mass is 337 g/mol. The number of benzene rings is 1.